The van der Waals surface area contributed by atoms with E-state index in [9.17, 15) is 5.11 Å². The van der Waals surface area contributed by atoms with E-state index in [-0.39, 0.29) is 6.61 Å². The fourth-order valence-corrected chi connectivity index (χ4v) is 2.55. The van der Waals surface area contributed by atoms with E-state index in [0.717, 1.165) is 26.2 Å². The van der Waals surface area contributed by atoms with Crippen molar-refractivity contribution in [2.75, 3.05) is 38.3 Å². The van der Waals surface area contributed by atoms with Crippen molar-refractivity contribution in [3.63, 3.8) is 0 Å². The molecule has 1 aliphatic carbocycles. The second-order valence-electron chi connectivity index (χ2n) is 5.44. The van der Waals surface area contributed by atoms with E-state index in [1.165, 1.54) is 29.7 Å². The molecule has 1 fully saturated rings. The minimum atomic E-state index is 0.219. The first-order valence-electron chi connectivity index (χ1n) is 7.43. The van der Waals surface area contributed by atoms with E-state index in [1.54, 1.807) is 7.11 Å². The zero-order valence-electron chi connectivity index (χ0n) is 12.6. The standard InChI is InChI=1S/C16H26N2O2/c1-13-11-14(12-17-7-10-20-2)3-6-16(13)18(8-9-19)15-4-5-15/h3,6,11,15,17,19H,4-5,7-10,12H2,1-2H3. The Morgan fingerprint density at radius 2 is 2.20 bits per heavy atom. The molecule has 2 rings (SSSR count). The monoisotopic (exact) mass is 278 g/mol. The predicted molar refractivity (Wildman–Crippen MR) is 82.2 cm³/mol. The lowest BCUT2D eigenvalue weighted by atomic mass is 10.1. The van der Waals surface area contributed by atoms with Crippen molar-refractivity contribution in [2.45, 2.75) is 32.4 Å². The minimum Gasteiger partial charge on any atom is -0.395 e. The number of methoxy groups -OCH3 is 1. The molecule has 0 aromatic heterocycles. The Kier molecular flexibility index (Phi) is 5.83. The summed E-state index contributed by atoms with van der Waals surface area (Å²) in [7, 11) is 1.72. The summed E-state index contributed by atoms with van der Waals surface area (Å²) in [6, 6.07) is 7.24. The van der Waals surface area contributed by atoms with Gasteiger partial charge in [0.05, 0.1) is 13.2 Å². The van der Waals surface area contributed by atoms with Crippen LogP contribution in [0.1, 0.15) is 24.0 Å². The summed E-state index contributed by atoms with van der Waals surface area (Å²) in [6.45, 7) is 5.58. The number of hydrogen-bond acceptors (Lipinski definition) is 4. The van der Waals surface area contributed by atoms with Crippen LogP contribution < -0.4 is 10.2 Å². The van der Waals surface area contributed by atoms with Crippen LogP contribution in [-0.4, -0.2) is 44.6 Å². The predicted octanol–water partition coefficient (Wildman–Crippen LogP) is 1.69. The lowest BCUT2D eigenvalue weighted by Gasteiger charge is -2.26. The van der Waals surface area contributed by atoms with Gasteiger partial charge in [-0.25, -0.2) is 0 Å². The minimum absolute atomic E-state index is 0.219. The van der Waals surface area contributed by atoms with Crippen LogP contribution in [0.2, 0.25) is 0 Å². The summed E-state index contributed by atoms with van der Waals surface area (Å²) in [4.78, 5) is 2.34. The lowest BCUT2D eigenvalue weighted by molar-refractivity contribution is 0.199. The fourth-order valence-electron chi connectivity index (χ4n) is 2.55. The highest BCUT2D eigenvalue weighted by Gasteiger charge is 2.29. The van der Waals surface area contributed by atoms with Gasteiger partial charge in [-0.2, -0.15) is 0 Å². The largest absolute Gasteiger partial charge is 0.395 e. The van der Waals surface area contributed by atoms with Gasteiger partial charge < -0.3 is 20.1 Å². The number of aryl methyl sites for hydroxylation is 1. The number of hydrogen-bond donors (Lipinski definition) is 2. The molecule has 4 nitrogen and oxygen atoms in total. The van der Waals surface area contributed by atoms with Crippen molar-refractivity contribution in [3.05, 3.63) is 29.3 Å². The highest BCUT2D eigenvalue weighted by atomic mass is 16.5. The third-order valence-corrected chi connectivity index (χ3v) is 3.71. The van der Waals surface area contributed by atoms with E-state index in [4.69, 9.17) is 4.74 Å². The third-order valence-electron chi connectivity index (χ3n) is 3.71. The summed E-state index contributed by atoms with van der Waals surface area (Å²) in [5.41, 5.74) is 3.85. The first-order chi connectivity index (χ1) is 9.76. The fraction of sp³-hybridized carbons (Fsp3) is 0.625. The van der Waals surface area contributed by atoms with E-state index in [2.05, 4.69) is 35.3 Å². The van der Waals surface area contributed by atoms with Crippen LogP contribution >= 0.6 is 0 Å². The molecular weight excluding hydrogens is 252 g/mol. The summed E-state index contributed by atoms with van der Waals surface area (Å²) in [5.74, 6) is 0. The van der Waals surface area contributed by atoms with Crippen molar-refractivity contribution < 1.29 is 9.84 Å². The van der Waals surface area contributed by atoms with Gasteiger partial charge in [-0.3, -0.25) is 0 Å². The Balaban J connectivity index is 1.97. The topological polar surface area (TPSA) is 44.7 Å². The highest BCUT2D eigenvalue weighted by Crippen LogP contribution is 2.33. The van der Waals surface area contributed by atoms with Crippen LogP contribution in [0.25, 0.3) is 0 Å². The molecule has 0 saturated heterocycles. The molecule has 20 heavy (non-hydrogen) atoms. The quantitative estimate of drug-likeness (QED) is 0.675. The highest BCUT2D eigenvalue weighted by molar-refractivity contribution is 5.56. The molecule has 1 aromatic rings. The van der Waals surface area contributed by atoms with Crippen LogP contribution in [0.5, 0.6) is 0 Å². The molecule has 0 unspecified atom stereocenters. The first kappa shape index (κ1) is 15.3. The Labute approximate surface area is 121 Å². The Bertz CT molecular complexity index is 419. The van der Waals surface area contributed by atoms with Crippen LogP contribution in [0.3, 0.4) is 0 Å². The molecule has 4 heteroatoms. The van der Waals surface area contributed by atoms with Gasteiger partial charge in [-0.15, -0.1) is 0 Å². The molecule has 112 valence electrons. The molecule has 1 aromatic carbocycles. The molecule has 1 saturated carbocycles. The van der Waals surface area contributed by atoms with Crippen LogP contribution in [0.15, 0.2) is 18.2 Å². The molecular formula is C16H26N2O2. The van der Waals surface area contributed by atoms with E-state index >= 15 is 0 Å². The zero-order valence-corrected chi connectivity index (χ0v) is 12.6. The lowest BCUT2D eigenvalue weighted by Crippen LogP contribution is -2.29. The third kappa shape index (κ3) is 4.20. The van der Waals surface area contributed by atoms with E-state index < -0.39 is 0 Å². The van der Waals surface area contributed by atoms with Crippen molar-refractivity contribution in [1.29, 1.82) is 0 Å². The first-order valence-corrected chi connectivity index (χ1v) is 7.43. The maximum absolute atomic E-state index is 9.22. The molecule has 0 heterocycles. The Morgan fingerprint density at radius 1 is 1.40 bits per heavy atom. The van der Waals surface area contributed by atoms with Crippen molar-refractivity contribution >= 4 is 5.69 Å². The smallest absolute Gasteiger partial charge is 0.0606 e. The number of nitrogens with one attached hydrogen (secondary N) is 1. The summed E-state index contributed by atoms with van der Waals surface area (Å²) in [6.07, 6.45) is 2.50. The van der Waals surface area contributed by atoms with Gasteiger partial charge in [-0.05, 0) is 37.0 Å². The van der Waals surface area contributed by atoms with Gasteiger partial charge in [0, 0.05) is 38.5 Å². The van der Waals surface area contributed by atoms with Gasteiger partial charge in [0.2, 0.25) is 0 Å². The number of aliphatic hydroxyl groups excluding tert-OH is 1. The Morgan fingerprint density at radius 3 is 2.80 bits per heavy atom. The van der Waals surface area contributed by atoms with Crippen molar-refractivity contribution in [1.82, 2.24) is 5.32 Å². The van der Waals surface area contributed by atoms with Crippen molar-refractivity contribution in [3.8, 4) is 0 Å². The van der Waals surface area contributed by atoms with E-state index in [1.807, 2.05) is 0 Å². The number of aliphatic hydroxyl groups is 1. The SMILES string of the molecule is COCCNCc1ccc(N(CCO)C2CC2)c(C)c1. The summed E-state index contributed by atoms with van der Waals surface area (Å²) in [5, 5.41) is 12.6. The molecule has 0 amide bonds. The maximum atomic E-state index is 9.22. The number of benzene rings is 1. The summed E-state index contributed by atoms with van der Waals surface area (Å²) < 4.78 is 5.02. The molecule has 1 aliphatic rings. The molecule has 0 spiro atoms. The van der Waals surface area contributed by atoms with Crippen LogP contribution in [0, 0.1) is 6.92 Å². The molecule has 0 radical (unpaired) electrons. The molecule has 2 N–H and O–H groups in total. The van der Waals surface area contributed by atoms with Gasteiger partial charge in [0.1, 0.15) is 0 Å². The second-order valence-corrected chi connectivity index (χ2v) is 5.44. The number of anilines is 1. The van der Waals surface area contributed by atoms with Crippen LogP contribution in [0.4, 0.5) is 5.69 Å². The Hall–Kier alpha value is -1.10. The number of nitrogens with zero attached hydrogens (tertiary/aromatic N) is 1. The van der Waals surface area contributed by atoms with Gasteiger partial charge in [0.25, 0.3) is 0 Å². The molecule has 0 bridgehead atoms. The summed E-state index contributed by atoms with van der Waals surface area (Å²) >= 11 is 0. The normalized spacial score (nSPS) is 14.6. The molecule has 0 atom stereocenters. The second kappa shape index (κ2) is 7.62. The van der Waals surface area contributed by atoms with Crippen molar-refractivity contribution in [2.24, 2.45) is 0 Å². The number of ether oxygens (including phenoxy) is 1. The van der Waals surface area contributed by atoms with Gasteiger partial charge in [-0.1, -0.05) is 12.1 Å². The van der Waals surface area contributed by atoms with Crippen LogP contribution in [-0.2, 0) is 11.3 Å². The van der Waals surface area contributed by atoms with Gasteiger partial charge >= 0.3 is 0 Å². The average molecular weight is 278 g/mol. The zero-order chi connectivity index (χ0) is 14.4. The van der Waals surface area contributed by atoms with Gasteiger partial charge in [0.15, 0.2) is 0 Å². The molecule has 0 aliphatic heterocycles. The average Bonchev–Trinajstić information content (AvgIpc) is 3.26. The van der Waals surface area contributed by atoms with E-state index in [0.29, 0.717) is 6.04 Å². The maximum Gasteiger partial charge on any atom is 0.0606 e. The number of rotatable bonds is 9.